The largest absolute Gasteiger partial charge is 0.354 e. The van der Waals surface area contributed by atoms with E-state index in [2.05, 4.69) is 33.9 Å². The van der Waals surface area contributed by atoms with Crippen molar-refractivity contribution >= 4 is 16.0 Å². The van der Waals surface area contributed by atoms with Gasteiger partial charge in [0, 0.05) is 12.6 Å². The summed E-state index contributed by atoms with van der Waals surface area (Å²) in [4.78, 5) is 8.22. The van der Waals surface area contributed by atoms with Gasteiger partial charge in [0.15, 0.2) is 0 Å². The van der Waals surface area contributed by atoms with E-state index >= 15 is 0 Å². The Hall–Kier alpha value is -1.21. The van der Waals surface area contributed by atoms with Crippen molar-refractivity contribution in [2.24, 2.45) is 11.8 Å². The van der Waals surface area contributed by atoms with Gasteiger partial charge in [0.2, 0.25) is 16.0 Å². The third-order valence-corrected chi connectivity index (χ3v) is 5.69. The van der Waals surface area contributed by atoms with Gasteiger partial charge in [-0.2, -0.15) is 0 Å². The molecule has 21 heavy (non-hydrogen) atoms. The average Bonchev–Trinajstić information content (AvgIpc) is 2.77. The quantitative estimate of drug-likeness (QED) is 0.839. The highest BCUT2D eigenvalue weighted by Crippen LogP contribution is 2.31. The number of rotatable bonds is 6. The topological polar surface area (TPSA) is 84.0 Å². The van der Waals surface area contributed by atoms with Crippen LogP contribution in [0.1, 0.15) is 40.0 Å². The normalized spacial score (nSPS) is 26.0. The molecule has 1 aliphatic rings. The standard InChI is InChI=1S/C14H24N4O2S/c1-4-7-15-14-16-8-12(9-17-14)21(19,20)18-13-6-5-10(2)11(13)3/h8-11,13,18H,4-7H2,1-3H3,(H,15,16,17). The summed E-state index contributed by atoms with van der Waals surface area (Å²) in [5.74, 6) is 1.36. The van der Waals surface area contributed by atoms with Gasteiger partial charge in [-0.15, -0.1) is 0 Å². The molecule has 0 saturated heterocycles. The second-order valence-corrected chi connectivity index (χ2v) is 7.52. The number of nitrogens with zero attached hydrogens (tertiary/aromatic N) is 2. The molecule has 3 unspecified atom stereocenters. The van der Waals surface area contributed by atoms with Crippen LogP contribution in [0, 0.1) is 11.8 Å². The predicted molar refractivity (Wildman–Crippen MR) is 82.5 cm³/mol. The lowest BCUT2D eigenvalue weighted by atomic mass is 9.98. The first-order valence-electron chi connectivity index (χ1n) is 7.52. The van der Waals surface area contributed by atoms with Gasteiger partial charge in [0.1, 0.15) is 4.90 Å². The van der Waals surface area contributed by atoms with Crippen LogP contribution < -0.4 is 10.0 Å². The zero-order chi connectivity index (χ0) is 15.5. The molecule has 3 atom stereocenters. The monoisotopic (exact) mass is 312 g/mol. The van der Waals surface area contributed by atoms with Gasteiger partial charge in [-0.05, 0) is 31.1 Å². The smallest absolute Gasteiger partial charge is 0.243 e. The molecular weight excluding hydrogens is 288 g/mol. The Labute approximate surface area is 126 Å². The molecule has 1 fully saturated rings. The number of hydrogen-bond acceptors (Lipinski definition) is 5. The number of sulfonamides is 1. The van der Waals surface area contributed by atoms with Crippen molar-refractivity contribution in [2.45, 2.75) is 51.0 Å². The minimum atomic E-state index is -3.54. The molecule has 1 aromatic rings. The minimum Gasteiger partial charge on any atom is -0.354 e. The van der Waals surface area contributed by atoms with Crippen LogP contribution in [0.5, 0.6) is 0 Å². The third kappa shape index (κ3) is 3.91. The Morgan fingerprint density at radius 2 is 1.90 bits per heavy atom. The molecule has 0 aromatic carbocycles. The van der Waals surface area contributed by atoms with Crippen LogP contribution >= 0.6 is 0 Å². The number of hydrogen-bond donors (Lipinski definition) is 2. The van der Waals surface area contributed by atoms with E-state index in [4.69, 9.17) is 0 Å². The molecule has 1 saturated carbocycles. The summed E-state index contributed by atoms with van der Waals surface area (Å²) in [5, 5.41) is 3.02. The third-order valence-electron chi connectivity index (χ3n) is 4.24. The number of aromatic nitrogens is 2. The van der Waals surface area contributed by atoms with E-state index in [1.807, 2.05) is 6.92 Å². The molecule has 0 amide bonds. The molecular formula is C14H24N4O2S. The van der Waals surface area contributed by atoms with Crippen molar-refractivity contribution in [3.8, 4) is 0 Å². The Morgan fingerprint density at radius 1 is 1.24 bits per heavy atom. The highest BCUT2D eigenvalue weighted by Gasteiger charge is 2.33. The van der Waals surface area contributed by atoms with Crippen molar-refractivity contribution in [2.75, 3.05) is 11.9 Å². The molecule has 1 aromatic heterocycles. The summed E-state index contributed by atoms with van der Waals surface area (Å²) in [6.07, 6.45) is 5.62. The van der Waals surface area contributed by atoms with Gasteiger partial charge in [-0.3, -0.25) is 0 Å². The molecule has 0 bridgehead atoms. The Morgan fingerprint density at radius 3 is 2.43 bits per heavy atom. The van der Waals surface area contributed by atoms with E-state index in [1.54, 1.807) is 0 Å². The van der Waals surface area contributed by atoms with E-state index in [1.165, 1.54) is 12.4 Å². The summed E-state index contributed by atoms with van der Waals surface area (Å²) < 4.78 is 27.5. The molecule has 1 aliphatic carbocycles. The maximum atomic E-state index is 12.4. The maximum absolute atomic E-state index is 12.4. The Balaban J connectivity index is 2.05. The van der Waals surface area contributed by atoms with Crippen molar-refractivity contribution in [1.29, 1.82) is 0 Å². The first-order valence-corrected chi connectivity index (χ1v) is 9.00. The summed E-state index contributed by atoms with van der Waals surface area (Å²) in [5.41, 5.74) is 0. The lowest BCUT2D eigenvalue weighted by Crippen LogP contribution is -2.37. The second kappa shape index (κ2) is 6.70. The van der Waals surface area contributed by atoms with E-state index in [9.17, 15) is 8.42 Å². The zero-order valence-electron chi connectivity index (χ0n) is 12.8. The maximum Gasteiger partial charge on any atom is 0.243 e. The number of anilines is 1. The van der Waals surface area contributed by atoms with Crippen LogP contribution in [0.3, 0.4) is 0 Å². The molecule has 7 heteroatoms. The van der Waals surface area contributed by atoms with E-state index in [0.717, 1.165) is 25.8 Å². The van der Waals surface area contributed by atoms with Gasteiger partial charge >= 0.3 is 0 Å². The van der Waals surface area contributed by atoms with Crippen LogP contribution in [0.4, 0.5) is 5.95 Å². The summed E-state index contributed by atoms with van der Waals surface area (Å²) in [6, 6.07) is 0.00268. The fourth-order valence-electron chi connectivity index (χ4n) is 2.58. The van der Waals surface area contributed by atoms with Gasteiger partial charge in [-0.25, -0.2) is 23.1 Å². The second-order valence-electron chi connectivity index (χ2n) is 5.81. The molecule has 2 rings (SSSR count). The van der Waals surface area contributed by atoms with Gasteiger partial charge in [-0.1, -0.05) is 20.8 Å². The lowest BCUT2D eigenvalue weighted by Gasteiger charge is -2.19. The summed E-state index contributed by atoms with van der Waals surface area (Å²) in [7, 11) is -3.54. The van der Waals surface area contributed by atoms with Crippen molar-refractivity contribution in [3.63, 3.8) is 0 Å². The molecule has 1 heterocycles. The SMILES string of the molecule is CCCNc1ncc(S(=O)(=O)NC2CCC(C)C2C)cn1. The van der Waals surface area contributed by atoms with Crippen LogP contribution in [0.2, 0.25) is 0 Å². The number of nitrogens with one attached hydrogen (secondary N) is 2. The van der Waals surface area contributed by atoms with E-state index < -0.39 is 10.0 Å². The van der Waals surface area contributed by atoms with Gasteiger partial charge < -0.3 is 5.32 Å². The Bertz CT molecular complexity index is 559. The molecule has 118 valence electrons. The van der Waals surface area contributed by atoms with Crippen LogP contribution in [0.25, 0.3) is 0 Å². The molecule has 0 aliphatic heterocycles. The fraction of sp³-hybridized carbons (Fsp3) is 0.714. The zero-order valence-corrected chi connectivity index (χ0v) is 13.7. The van der Waals surface area contributed by atoms with Crippen molar-refractivity contribution < 1.29 is 8.42 Å². The van der Waals surface area contributed by atoms with Crippen LogP contribution in [-0.2, 0) is 10.0 Å². The molecule has 0 spiro atoms. The fourth-order valence-corrected chi connectivity index (χ4v) is 3.83. The molecule has 2 N–H and O–H groups in total. The summed E-state index contributed by atoms with van der Waals surface area (Å²) in [6.45, 7) is 7.07. The van der Waals surface area contributed by atoms with Crippen molar-refractivity contribution in [3.05, 3.63) is 12.4 Å². The lowest BCUT2D eigenvalue weighted by molar-refractivity contribution is 0.402. The molecule has 6 nitrogen and oxygen atoms in total. The Kier molecular flexibility index (Phi) is 5.16. The highest BCUT2D eigenvalue weighted by molar-refractivity contribution is 7.89. The minimum absolute atomic E-state index is 0.00268. The predicted octanol–water partition coefficient (Wildman–Crippen LogP) is 2.01. The van der Waals surface area contributed by atoms with Gasteiger partial charge in [0.05, 0.1) is 12.4 Å². The van der Waals surface area contributed by atoms with Crippen LogP contribution in [0.15, 0.2) is 17.3 Å². The summed E-state index contributed by atoms with van der Waals surface area (Å²) >= 11 is 0. The first kappa shape index (κ1) is 16.2. The average molecular weight is 312 g/mol. The molecule has 0 radical (unpaired) electrons. The van der Waals surface area contributed by atoms with Crippen LogP contribution in [-0.4, -0.2) is 31.0 Å². The van der Waals surface area contributed by atoms with E-state index in [0.29, 0.717) is 17.8 Å². The highest BCUT2D eigenvalue weighted by atomic mass is 32.2. The first-order chi connectivity index (χ1) is 9.94. The van der Waals surface area contributed by atoms with Crippen molar-refractivity contribution in [1.82, 2.24) is 14.7 Å². The van der Waals surface area contributed by atoms with E-state index in [-0.39, 0.29) is 10.9 Å². The van der Waals surface area contributed by atoms with Gasteiger partial charge in [0.25, 0.3) is 0 Å².